The van der Waals surface area contributed by atoms with Crippen LogP contribution in [0.1, 0.15) is 25.8 Å². The number of anilines is 1. The first-order chi connectivity index (χ1) is 8.75. The fourth-order valence-electron chi connectivity index (χ4n) is 2.48. The molecule has 0 unspecified atom stereocenters. The van der Waals surface area contributed by atoms with Gasteiger partial charge in [0.25, 0.3) is 0 Å². The van der Waals surface area contributed by atoms with E-state index in [9.17, 15) is 0 Å². The molecular weight excluding hydrogens is 230 g/mol. The highest BCUT2D eigenvalue weighted by Gasteiger charge is 2.24. The van der Waals surface area contributed by atoms with E-state index in [-0.39, 0.29) is 6.04 Å². The summed E-state index contributed by atoms with van der Waals surface area (Å²) in [4.78, 5) is 8.55. The third kappa shape index (κ3) is 1.92. The van der Waals surface area contributed by atoms with Crippen LogP contribution >= 0.6 is 0 Å². The van der Waals surface area contributed by atoms with Crippen LogP contribution in [0.2, 0.25) is 0 Å². The van der Waals surface area contributed by atoms with Crippen molar-refractivity contribution in [1.29, 1.82) is 0 Å². The maximum Gasteiger partial charge on any atom is 0.179 e. The van der Waals surface area contributed by atoms with Gasteiger partial charge in [-0.05, 0) is 19.8 Å². The van der Waals surface area contributed by atoms with Gasteiger partial charge in [0.15, 0.2) is 5.65 Å². The molecule has 1 aliphatic heterocycles. The molecule has 0 aliphatic carbocycles. The summed E-state index contributed by atoms with van der Waals surface area (Å²) in [5, 5.41) is 4.39. The molecule has 18 heavy (non-hydrogen) atoms. The normalized spacial score (nSPS) is 22.2. The van der Waals surface area contributed by atoms with Gasteiger partial charge in [0.1, 0.15) is 11.3 Å². The number of nitrogens with two attached hydrogens (primary N) is 1. The predicted molar refractivity (Wildman–Crippen MR) is 68.0 cm³/mol. The zero-order valence-electron chi connectivity index (χ0n) is 10.4. The zero-order chi connectivity index (χ0) is 12.5. The monoisotopic (exact) mass is 247 g/mol. The van der Waals surface area contributed by atoms with E-state index >= 15 is 0 Å². The van der Waals surface area contributed by atoms with Gasteiger partial charge >= 0.3 is 0 Å². The highest BCUT2D eigenvalue weighted by molar-refractivity contribution is 5.70. The second-order valence-electron chi connectivity index (χ2n) is 4.81. The van der Waals surface area contributed by atoms with Crippen LogP contribution in [-0.2, 0) is 4.74 Å². The Bertz CT molecular complexity index is 546. The van der Waals surface area contributed by atoms with E-state index in [1.807, 2.05) is 4.68 Å². The van der Waals surface area contributed by atoms with Crippen molar-refractivity contribution in [2.75, 3.05) is 18.9 Å². The fraction of sp³-hybridized carbons (Fsp3) is 0.583. The average Bonchev–Trinajstić information content (AvgIpc) is 2.82. The van der Waals surface area contributed by atoms with Crippen LogP contribution < -0.4 is 5.73 Å². The Kier molecular flexibility index (Phi) is 2.87. The van der Waals surface area contributed by atoms with Crippen LogP contribution in [0.5, 0.6) is 0 Å². The van der Waals surface area contributed by atoms with Crippen LogP contribution in [-0.4, -0.2) is 33.0 Å². The second-order valence-corrected chi connectivity index (χ2v) is 4.81. The summed E-state index contributed by atoms with van der Waals surface area (Å²) in [5.41, 5.74) is 7.23. The van der Waals surface area contributed by atoms with E-state index in [0.717, 1.165) is 37.2 Å². The van der Waals surface area contributed by atoms with Crippen molar-refractivity contribution in [2.45, 2.75) is 25.8 Å². The van der Waals surface area contributed by atoms with Gasteiger partial charge < -0.3 is 10.5 Å². The van der Waals surface area contributed by atoms with Crippen LogP contribution in [0.15, 0.2) is 12.4 Å². The Morgan fingerprint density at radius 3 is 3.17 bits per heavy atom. The summed E-state index contributed by atoms with van der Waals surface area (Å²) in [6.45, 7) is 3.81. The smallest absolute Gasteiger partial charge is 0.179 e. The minimum atomic E-state index is 0.249. The first-order valence-electron chi connectivity index (χ1n) is 6.29. The van der Waals surface area contributed by atoms with Gasteiger partial charge in [0.05, 0.1) is 25.0 Å². The molecule has 1 aliphatic rings. The molecule has 6 heteroatoms. The van der Waals surface area contributed by atoms with Crippen LogP contribution in [0.3, 0.4) is 0 Å². The van der Waals surface area contributed by atoms with Crippen molar-refractivity contribution in [3.05, 3.63) is 12.4 Å². The molecular formula is C12H17N5O. The number of nitrogen functional groups attached to an aromatic ring is 1. The lowest BCUT2D eigenvalue weighted by molar-refractivity contribution is 0.0349. The van der Waals surface area contributed by atoms with E-state index in [0.29, 0.717) is 11.7 Å². The van der Waals surface area contributed by atoms with Crippen molar-refractivity contribution in [3.63, 3.8) is 0 Å². The quantitative estimate of drug-likeness (QED) is 0.867. The lowest BCUT2D eigenvalue weighted by atomic mass is 9.95. The molecule has 0 spiro atoms. The minimum absolute atomic E-state index is 0.249. The third-order valence-electron chi connectivity index (χ3n) is 3.58. The number of hydrogen-bond donors (Lipinski definition) is 1. The molecule has 0 bridgehead atoms. The van der Waals surface area contributed by atoms with Crippen LogP contribution in [0.25, 0.3) is 11.2 Å². The number of rotatable bonds is 2. The number of hydrogen-bond acceptors (Lipinski definition) is 5. The van der Waals surface area contributed by atoms with Gasteiger partial charge in [0, 0.05) is 12.5 Å². The van der Waals surface area contributed by atoms with Crippen LogP contribution in [0, 0.1) is 5.92 Å². The molecule has 96 valence electrons. The number of aromatic nitrogens is 4. The third-order valence-corrected chi connectivity index (χ3v) is 3.58. The summed E-state index contributed by atoms with van der Waals surface area (Å²) >= 11 is 0. The number of nitrogens with zero attached hydrogens (tertiary/aromatic N) is 4. The molecule has 1 fully saturated rings. The molecule has 0 radical (unpaired) electrons. The standard InChI is InChI=1S/C12H17N5O/c1-8(9-3-2-4-18-7-9)17-12-10(5-15-17)14-6-11(13)16-12/h5-6,8-9H,2-4,7H2,1H3,(H2,13,16)/t8-,9-/m0/s1. The SMILES string of the molecule is C[C@@H]([C@H]1CCCOC1)n1ncc2ncc(N)nc21. The van der Waals surface area contributed by atoms with Gasteiger partial charge in [-0.15, -0.1) is 0 Å². The average molecular weight is 247 g/mol. The Morgan fingerprint density at radius 2 is 2.39 bits per heavy atom. The molecule has 2 N–H and O–H groups in total. The maximum atomic E-state index is 5.69. The molecule has 2 aromatic heterocycles. The van der Waals surface area contributed by atoms with Crippen molar-refractivity contribution >= 4 is 17.0 Å². The Hall–Kier alpha value is -1.69. The molecule has 0 aromatic carbocycles. The van der Waals surface area contributed by atoms with Gasteiger partial charge in [-0.25, -0.2) is 14.6 Å². The fourth-order valence-corrected chi connectivity index (χ4v) is 2.48. The summed E-state index contributed by atoms with van der Waals surface area (Å²) in [7, 11) is 0. The van der Waals surface area contributed by atoms with Gasteiger partial charge in [-0.3, -0.25) is 0 Å². The Morgan fingerprint density at radius 1 is 1.50 bits per heavy atom. The van der Waals surface area contributed by atoms with E-state index in [4.69, 9.17) is 10.5 Å². The Labute approximate surface area is 105 Å². The summed E-state index contributed by atoms with van der Waals surface area (Å²) < 4.78 is 7.45. The van der Waals surface area contributed by atoms with E-state index in [1.54, 1.807) is 12.4 Å². The minimum Gasteiger partial charge on any atom is -0.382 e. The molecule has 0 saturated carbocycles. The lowest BCUT2D eigenvalue weighted by Gasteiger charge is -2.27. The maximum absolute atomic E-state index is 5.69. The number of fused-ring (bicyclic) bond motifs is 1. The summed E-state index contributed by atoms with van der Waals surface area (Å²) in [6, 6.07) is 0.249. The zero-order valence-corrected chi connectivity index (χ0v) is 10.4. The molecule has 1 saturated heterocycles. The van der Waals surface area contributed by atoms with Gasteiger partial charge in [0.2, 0.25) is 0 Å². The van der Waals surface area contributed by atoms with E-state index < -0.39 is 0 Å². The van der Waals surface area contributed by atoms with Crippen molar-refractivity contribution < 1.29 is 4.74 Å². The van der Waals surface area contributed by atoms with Crippen molar-refractivity contribution in [2.24, 2.45) is 5.92 Å². The summed E-state index contributed by atoms with van der Waals surface area (Å²) in [6.07, 6.45) is 5.57. The van der Waals surface area contributed by atoms with Gasteiger partial charge in [-0.2, -0.15) is 5.10 Å². The van der Waals surface area contributed by atoms with Gasteiger partial charge in [-0.1, -0.05) is 0 Å². The van der Waals surface area contributed by atoms with Crippen LogP contribution in [0.4, 0.5) is 5.82 Å². The lowest BCUT2D eigenvalue weighted by Crippen LogP contribution is -2.26. The largest absolute Gasteiger partial charge is 0.382 e. The first-order valence-corrected chi connectivity index (χ1v) is 6.29. The van der Waals surface area contributed by atoms with Crippen molar-refractivity contribution in [3.8, 4) is 0 Å². The number of ether oxygens (including phenoxy) is 1. The highest BCUT2D eigenvalue weighted by atomic mass is 16.5. The molecule has 2 aromatic rings. The summed E-state index contributed by atoms with van der Waals surface area (Å²) in [5.74, 6) is 0.904. The molecule has 2 atom stereocenters. The predicted octanol–water partition coefficient (Wildman–Crippen LogP) is 1.40. The second kappa shape index (κ2) is 4.53. The molecule has 6 nitrogen and oxygen atoms in total. The molecule has 3 rings (SSSR count). The molecule has 0 amide bonds. The Balaban J connectivity index is 1.95. The van der Waals surface area contributed by atoms with E-state index in [1.165, 1.54) is 0 Å². The topological polar surface area (TPSA) is 78.8 Å². The van der Waals surface area contributed by atoms with E-state index in [2.05, 4.69) is 22.0 Å². The van der Waals surface area contributed by atoms with Crippen molar-refractivity contribution in [1.82, 2.24) is 19.7 Å². The highest BCUT2D eigenvalue weighted by Crippen LogP contribution is 2.27. The molecule has 3 heterocycles. The first kappa shape index (κ1) is 11.4.